The van der Waals surface area contributed by atoms with Crippen molar-refractivity contribution in [3.8, 4) is 0 Å². The van der Waals surface area contributed by atoms with Crippen LogP contribution in [0.15, 0.2) is 0 Å². The van der Waals surface area contributed by atoms with Gasteiger partial charge < -0.3 is 10.0 Å². The molecule has 2 aliphatic rings. The first-order chi connectivity index (χ1) is 8.15. The van der Waals surface area contributed by atoms with Crippen LogP contribution in [0.5, 0.6) is 0 Å². The van der Waals surface area contributed by atoms with E-state index in [-0.39, 0.29) is 30.6 Å². The van der Waals surface area contributed by atoms with E-state index in [0.717, 1.165) is 45.3 Å². The number of carbonyl (C=O) groups is 1. The summed E-state index contributed by atoms with van der Waals surface area (Å²) in [6, 6.07) is 0. The van der Waals surface area contributed by atoms with Crippen molar-refractivity contribution in [2.75, 3.05) is 19.6 Å². The molecule has 2 rings (SSSR count). The quantitative estimate of drug-likeness (QED) is 0.560. The van der Waals surface area contributed by atoms with Gasteiger partial charge in [0.05, 0.1) is 0 Å². The number of piperidine rings is 1. The van der Waals surface area contributed by atoms with Crippen LogP contribution in [0.25, 0.3) is 0 Å². The van der Waals surface area contributed by atoms with E-state index >= 15 is 0 Å². The largest absolute Gasteiger partial charge is 1.00 e. The Morgan fingerprint density at radius 1 is 1.33 bits per heavy atom. The maximum Gasteiger partial charge on any atom is 1.00 e. The zero-order chi connectivity index (χ0) is 12.3. The molecule has 2 fully saturated rings. The van der Waals surface area contributed by atoms with Gasteiger partial charge >= 0.3 is 18.9 Å². The van der Waals surface area contributed by atoms with Crippen molar-refractivity contribution in [3.63, 3.8) is 0 Å². The third kappa shape index (κ3) is 3.60. The van der Waals surface area contributed by atoms with Gasteiger partial charge in [0, 0.05) is 12.3 Å². The Balaban J connectivity index is 0.00000162. The van der Waals surface area contributed by atoms with Crippen molar-refractivity contribution in [1.82, 2.24) is 4.90 Å². The van der Waals surface area contributed by atoms with Crippen molar-refractivity contribution in [2.24, 2.45) is 5.92 Å². The molecular formula is C14H24LiNO2. The zero-order valence-corrected chi connectivity index (χ0v) is 11.9. The van der Waals surface area contributed by atoms with Gasteiger partial charge in [0.15, 0.2) is 0 Å². The fourth-order valence-corrected chi connectivity index (χ4v) is 3.36. The smallest absolute Gasteiger partial charge is 0.849 e. The van der Waals surface area contributed by atoms with E-state index in [2.05, 4.69) is 11.8 Å². The van der Waals surface area contributed by atoms with Gasteiger partial charge in [-0.1, -0.05) is 13.3 Å². The second kappa shape index (κ2) is 7.10. The molecule has 1 unspecified atom stereocenters. The molecular weight excluding hydrogens is 221 g/mol. The van der Waals surface area contributed by atoms with Crippen molar-refractivity contribution in [2.45, 2.75) is 57.5 Å². The average molecular weight is 245 g/mol. The van der Waals surface area contributed by atoms with Gasteiger partial charge in [0.2, 0.25) is 0 Å². The van der Waals surface area contributed by atoms with Crippen LogP contribution >= 0.6 is 0 Å². The molecule has 0 spiro atoms. The minimum absolute atomic E-state index is 0. The van der Waals surface area contributed by atoms with Crippen LogP contribution in [0.4, 0.5) is 0 Å². The zero-order valence-electron chi connectivity index (χ0n) is 11.9. The van der Waals surface area contributed by atoms with E-state index < -0.39 is 5.60 Å². The van der Waals surface area contributed by atoms with Gasteiger partial charge in [0.25, 0.3) is 0 Å². The Hall–Kier alpha value is 0.187. The van der Waals surface area contributed by atoms with Gasteiger partial charge in [-0.05, 0) is 51.7 Å². The predicted molar refractivity (Wildman–Crippen MR) is 65.7 cm³/mol. The number of carbonyl (C=O) groups excluding carboxylic acids is 1. The van der Waals surface area contributed by atoms with Crippen LogP contribution < -0.4 is 24.0 Å². The first-order valence-corrected chi connectivity index (χ1v) is 7.11. The van der Waals surface area contributed by atoms with Gasteiger partial charge in [-0.15, -0.1) is 5.60 Å². The molecule has 1 aliphatic heterocycles. The summed E-state index contributed by atoms with van der Waals surface area (Å²) >= 11 is 0. The number of rotatable bonds is 3. The molecule has 0 aromatic carbocycles. The molecule has 1 saturated heterocycles. The molecule has 0 N–H and O–H groups in total. The number of ketones is 1. The van der Waals surface area contributed by atoms with Gasteiger partial charge in [-0.25, -0.2) is 0 Å². The van der Waals surface area contributed by atoms with Crippen molar-refractivity contribution >= 4 is 5.78 Å². The molecule has 1 heterocycles. The average Bonchev–Trinajstić information content (AvgIpc) is 2.33. The van der Waals surface area contributed by atoms with E-state index in [4.69, 9.17) is 0 Å². The van der Waals surface area contributed by atoms with E-state index in [1.54, 1.807) is 0 Å². The van der Waals surface area contributed by atoms with E-state index in [1.807, 2.05) is 0 Å². The predicted octanol–water partition coefficient (Wildman–Crippen LogP) is -1.65. The van der Waals surface area contributed by atoms with E-state index in [9.17, 15) is 9.90 Å². The SMILES string of the molecule is CCCN1CCC([O-])(C2CCCCC2=O)CC1.[Li+]. The van der Waals surface area contributed by atoms with Crippen LogP contribution in [0.1, 0.15) is 51.9 Å². The van der Waals surface area contributed by atoms with Crippen LogP contribution in [0.3, 0.4) is 0 Å². The topological polar surface area (TPSA) is 43.4 Å². The van der Waals surface area contributed by atoms with Gasteiger partial charge in [0.1, 0.15) is 5.78 Å². The van der Waals surface area contributed by atoms with Gasteiger partial charge in [-0.3, -0.25) is 4.79 Å². The van der Waals surface area contributed by atoms with E-state index in [0.29, 0.717) is 19.3 Å². The maximum atomic E-state index is 12.8. The van der Waals surface area contributed by atoms with Crippen molar-refractivity contribution in [3.05, 3.63) is 0 Å². The molecule has 3 nitrogen and oxygen atoms in total. The Bertz CT molecular complexity index is 275. The molecule has 4 heteroatoms. The Morgan fingerprint density at radius 2 is 2.00 bits per heavy atom. The fraction of sp³-hybridized carbons (Fsp3) is 0.929. The summed E-state index contributed by atoms with van der Waals surface area (Å²) in [5, 5.41) is 12.8. The molecule has 0 amide bonds. The number of hydrogen-bond acceptors (Lipinski definition) is 3. The third-order valence-corrected chi connectivity index (χ3v) is 4.43. The Morgan fingerprint density at radius 3 is 2.56 bits per heavy atom. The van der Waals surface area contributed by atoms with E-state index in [1.165, 1.54) is 0 Å². The number of nitrogens with zero attached hydrogens (tertiary/aromatic N) is 1. The maximum absolute atomic E-state index is 12.8. The number of hydrogen-bond donors (Lipinski definition) is 0. The molecule has 1 aliphatic carbocycles. The van der Waals surface area contributed by atoms with Gasteiger partial charge in [-0.2, -0.15) is 0 Å². The van der Waals surface area contributed by atoms with Crippen molar-refractivity contribution in [1.29, 1.82) is 0 Å². The summed E-state index contributed by atoms with van der Waals surface area (Å²) in [5.74, 6) is 0.0650. The van der Waals surface area contributed by atoms with Crippen LogP contribution in [0, 0.1) is 5.92 Å². The second-order valence-electron chi connectivity index (χ2n) is 5.67. The monoisotopic (exact) mass is 245 g/mol. The Kier molecular flexibility index (Phi) is 6.41. The van der Waals surface area contributed by atoms with Crippen molar-refractivity contribution < 1.29 is 28.8 Å². The molecule has 0 aromatic rings. The normalized spacial score (nSPS) is 28.8. The summed E-state index contributed by atoms with van der Waals surface area (Å²) in [7, 11) is 0. The minimum Gasteiger partial charge on any atom is -0.849 e. The van der Waals surface area contributed by atoms with Crippen LogP contribution in [-0.4, -0.2) is 35.9 Å². The summed E-state index contributed by atoms with van der Waals surface area (Å²) in [4.78, 5) is 14.3. The summed E-state index contributed by atoms with van der Waals surface area (Å²) < 4.78 is 0. The summed E-state index contributed by atoms with van der Waals surface area (Å²) in [6.07, 6.45) is 6.04. The third-order valence-electron chi connectivity index (χ3n) is 4.43. The minimum atomic E-state index is -0.943. The second-order valence-corrected chi connectivity index (χ2v) is 5.67. The molecule has 1 saturated carbocycles. The molecule has 18 heavy (non-hydrogen) atoms. The fourth-order valence-electron chi connectivity index (χ4n) is 3.36. The first kappa shape index (κ1) is 16.2. The standard InChI is InChI=1S/C14H24NO2.Li/c1-2-9-15-10-7-14(17,8-11-15)12-5-3-4-6-13(12)16;/h12H,2-11H2,1H3;/q-1;+1. The molecule has 1 atom stereocenters. The molecule has 98 valence electrons. The molecule has 0 aromatic heterocycles. The Labute approximate surface area is 122 Å². The number of likely N-dealkylation sites (tertiary alicyclic amines) is 1. The molecule has 0 radical (unpaired) electrons. The summed E-state index contributed by atoms with van der Waals surface area (Å²) in [6.45, 7) is 5.04. The van der Waals surface area contributed by atoms with Crippen LogP contribution in [0.2, 0.25) is 0 Å². The number of Topliss-reactive ketones (excluding diaryl/α,β-unsaturated/α-hetero) is 1. The summed E-state index contributed by atoms with van der Waals surface area (Å²) in [5.41, 5.74) is -0.943. The van der Waals surface area contributed by atoms with Crippen LogP contribution in [-0.2, 0) is 4.79 Å². The molecule has 0 bridgehead atoms. The first-order valence-electron chi connectivity index (χ1n) is 7.11.